The van der Waals surface area contributed by atoms with Gasteiger partial charge in [0.25, 0.3) is 0 Å². The summed E-state index contributed by atoms with van der Waals surface area (Å²) in [5.74, 6) is -0.307. The number of benzene rings is 2. The van der Waals surface area contributed by atoms with Crippen molar-refractivity contribution < 1.29 is 4.39 Å². The molecule has 21 heavy (non-hydrogen) atoms. The fraction of sp³-hybridized carbons (Fsp3) is 0.294. The van der Waals surface area contributed by atoms with Gasteiger partial charge in [-0.2, -0.15) is 0 Å². The summed E-state index contributed by atoms with van der Waals surface area (Å²) >= 11 is 12.1. The minimum Gasteiger partial charge on any atom is -0.314 e. The zero-order chi connectivity index (χ0) is 15.2. The van der Waals surface area contributed by atoms with Crippen LogP contribution in [0.1, 0.15) is 18.1 Å². The van der Waals surface area contributed by atoms with Crippen LogP contribution >= 0.6 is 23.2 Å². The molecule has 112 valence electrons. The van der Waals surface area contributed by atoms with E-state index in [0.29, 0.717) is 5.02 Å². The minimum absolute atomic E-state index is 0.233. The minimum atomic E-state index is -0.307. The first-order chi connectivity index (χ1) is 10.1. The fourth-order valence-electron chi connectivity index (χ4n) is 2.41. The third-order valence-electron chi connectivity index (χ3n) is 3.35. The van der Waals surface area contributed by atoms with Crippen molar-refractivity contribution in [2.75, 3.05) is 6.54 Å². The Morgan fingerprint density at radius 2 is 1.90 bits per heavy atom. The summed E-state index contributed by atoms with van der Waals surface area (Å²) in [6.07, 6.45) is 1.60. The maximum Gasteiger partial charge on any atom is 0.124 e. The topological polar surface area (TPSA) is 12.0 Å². The zero-order valence-electron chi connectivity index (χ0n) is 11.9. The molecule has 2 aromatic rings. The van der Waals surface area contributed by atoms with Crippen molar-refractivity contribution in [1.82, 2.24) is 5.32 Å². The van der Waals surface area contributed by atoms with Gasteiger partial charge in [-0.1, -0.05) is 48.3 Å². The van der Waals surface area contributed by atoms with Gasteiger partial charge in [-0.05, 0) is 54.8 Å². The maximum atomic E-state index is 13.1. The van der Waals surface area contributed by atoms with Gasteiger partial charge in [0.2, 0.25) is 0 Å². The van der Waals surface area contributed by atoms with Crippen LogP contribution in [0.4, 0.5) is 4.39 Å². The van der Waals surface area contributed by atoms with E-state index in [9.17, 15) is 4.39 Å². The summed E-state index contributed by atoms with van der Waals surface area (Å²) in [4.78, 5) is 0. The highest BCUT2D eigenvalue weighted by Gasteiger charge is 2.12. The zero-order valence-corrected chi connectivity index (χ0v) is 13.4. The van der Waals surface area contributed by atoms with Gasteiger partial charge in [0.15, 0.2) is 0 Å². The molecular formula is C17H18Cl2FN. The molecule has 0 bridgehead atoms. The molecule has 0 aromatic heterocycles. The Morgan fingerprint density at radius 1 is 1.10 bits per heavy atom. The summed E-state index contributed by atoms with van der Waals surface area (Å²) in [5, 5.41) is 4.66. The van der Waals surface area contributed by atoms with Gasteiger partial charge in [0, 0.05) is 16.1 Å². The second kappa shape index (κ2) is 7.79. The lowest BCUT2D eigenvalue weighted by atomic mass is 9.99. The van der Waals surface area contributed by atoms with Crippen LogP contribution in [0.2, 0.25) is 10.0 Å². The van der Waals surface area contributed by atoms with Crippen molar-refractivity contribution in [3.8, 4) is 0 Å². The standard InChI is InChI=1S/C17H18Cl2FN/c1-2-21-16(9-12-4-3-5-14(18)8-12)10-13-6-7-15(20)11-17(13)19/h3-8,11,16,21H,2,9-10H2,1H3. The molecule has 0 fully saturated rings. The van der Waals surface area contributed by atoms with Crippen molar-refractivity contribution in [2.24, 2.45) is 0 Å². The Balaban J connectivity index is 2.11. The quantitative estimate of drug-likeness (QED) is 0.796. The number of likely N-dealkylation sites (N-methyl/N-ethyl adjacent to an activating group) is 1. The van der Waals surface area contributed by atoms with Crippen molar-refractivity contribution in [2.45, 2.75) is 25.8 Å². The highest BCUT2D eigenvalue weighted by Crippen LogP contribution is 2.20. The normalized spacial score (nSPS) is 12.4. The molecule has 0 aliphatic rings. The molecule has 0 saturated carbocycles. The lowest BCUT2D eigenvalue weighted by molar-refractivity contribution is 0.521. The van der Waals surface area contributed by atoms with Gasteiger partial charge in [0.1, 0.15) is 5.82 Å². The molecular weight excluding hydrogens is 308 g/mol. The predicted molar refractivity (Wildman–Crippen MR) is 87.7 cm³/mol. The van der Waals surface area contributed by atoms with Crippen LogP contribution in [0.25, 0.3) is 0 Å². The summed E-state index contributed by atoms with van der Waals surface area (Å²) in [6, 6.07) is 12.6. The van der Waals surface area contributed by atoms with Gasteiger partial charge in [-0.15, -0.1) is 0 Å². The molecule has 2 aromatic carbocycles. The van der Waals surface area contributed by atoms with Crippen LogP contribution in [-0.2, 0) is 12.8 Å². The van der Waals surface area contributed by atoms with E-state index in [1.165, 1.54) is 17.7 Å². The van der Waals surface area contributed by atoms with Gasteiger partial charge in [-0.3, -0.25) is 0 Å². The molecule has 1 N–H and O–H groups in total. The van der Waals surface area contributed by atoms with Crippen molar-refractivity contribution >= 4 is 23.2 Å². The number of halogens is 3. The van der Waals surface area contributed by atoms with Crippen LogP contribution in [0.15, 0.2) is 42.5 Å². The highest BCUT2D eigenvalue weighted by molar-refractivity contribution is 6.31. The highest BCUT2D eigenvalue weighted by atomic mass is 35.5. The van der Waals surface area contributed by atoms with Crippen molar-refractivity contribution in [3.05, 3.63) is 69.5 Å². The van der Waals surface area contributed by atoms with Gasteiger partial charge in [-0.25, -0.2) is 4.39 Å². The average molecular weight is 326 g/mol. The Hall–Kier alpha value is -1.09. The average Bonchev–Trinajstić information content (AvgIpc) is 2.42. The molecule has 2 rings (SSSR count). The third-order valence-corrected chi connectivity index (χ3v) is 3.93. The maximum absolute atomic E-state index is 13.1. The molecule has 0 spiro atoms. The Bertz CT molecular complexity index is 601. The lowest BCUT2D eigenvalue weighted by Gasteiger charge is -2.19. The summed E-state index contributed by atoms with van der Waals surface area (Å²) in [7, 11) is 0. The Kier molecular flexibility index (Phi) is 6.04. The first-order valence-electron chi connectivity index (χ1n) is 7.00. The van der Waals surface area contributed by atoms with Crippen LogP contribution in [0.3, 0.4) is 0 Å². The number of rotatable bonds is 6. The molecule has 0 radical (unpaired) electrons. The molecule has 1 nitrogen and oxygen atoms in total. The molecule has 1 atom stereocenters. The van der Waals surface area contributed by atoms with E-state index in [1.807, 2.05) is 18.2 Å². The molecule has 0 saturated heterocycles. The van der Waals surface area contributed by atoms with E-state index in [0.717, 1.165) is 30.0 Å². The van der Waals surface area contributed by atoms with Crippen LogP contribution in [0, 0.1) is 5.82 Å². The monoisotopic (exact) mass is 325 g/mol. The van der Waals surface area contributed by atoms with E-state index in [4.69, 9.17) is 23.2 Å². The first kappa shape index (κ1) is 16.3. The number of hydrogen-bond donors (Lipinski definition) is 1. The smallest absolute Gasteiger partial charge is 0.124 e. The van der Waals surface area contributed by atoms with E-state index in [1.54, 1.807) is 6.07 Å². The molecule has 4 heteroatoms. The Labute approximate surface area is 135 Å². The summed E-state index contributed by atoms with van der Waals surface area (Å²) < 4.78 is 13.1. The fourth-order valence-corrected chi connectivity index (χ4v) is 2.86. The largest absolute Gasteiger partial charge is 0.314 e. The van der Waals surface area contributed by atoms with E-state index >= 15 is 0 Å². The van der Waals surface area contributed by atoms with E-state index in [2.05, 4.69) is 18.3 Å². The molecule has 1 unspecified atom stereocenters. The van der Waals surface area contributed by atoms with Crippen LogP contribution in [0.5, 0.6) is 0 Å². The molecule has 0 aliphatic carbocycles. The van der Waals surface area contributed by atoms with Crippen LogP contribution < -0.4 is 5.32 Å². The number of nitrogens with one attached hydrogen (secondary N) is 1. The Morgan fingerprint density at radius 3 is 2.57 bits per heavy atom. The van der Waals surface area contributed by atoms with Crippen molar-refractivity contribution in [1.29, 1.82) is 0 Å². The predicted octanol–water partition coefficient (Wildman–Crippen LogP) is 4.90. The summed E-state index contributed by atoms with van der Waals surface area (Å²) in [6.45, 7) is 2.93. The second-order valence-electron chi connectivity index (χ2n) is 5.03. The van der Waals surface area contributed by atoms with Crippen molar-refractivity contribution in [3.63, 3.8) is 0 Å². The first-order valence-corrected chi connectivity index (χ1v) is 7.76. The third kappa shape index (κ3) is 4.99. The number of hydrogen-bond acceptors (Lipinski definition) is 1. The van der Waals surface area contributed by atoms with Crippen LogP contribution in [-0.4, -0.2) is 12.6 Å². The SMILES string of the molecule is CCNC(Cc1cccc(Cl)c1)Cc1ccc(F)cc1Cl. The van der Waals surface area contributed by atoms with Gasteiger partial charge in [0.05, 0.1) is 0 Å². The van der Waals surface area contributed by atoms with E-state index < -0.39 is 0 Å². The summed E-state index contributed by atoms with van der Waals surface area (Å²) in [5.41, 5.74) is 2.12. The van der Waals surface area contributed by atoms with E-state index in [-0.39, 0.29) is 11.9 Å². The van der Waals surface area contributed by atoms with Gasteiger partial charge < -0.3 is 5.32 Å². The molecule has 0 amide bonds. The molecule has 0 aliphatic heterocycles. The second-order valence-corrected chi connectivity index (χ2v) is 5.87. The van der Waals surface area contributed by atoms with Gasteiger partial charge >= 0.3 is 0 Å². The molecule has 0 heterocycles. The lowest BCUT2D eigenvalue weighted by Crippen LogP contribution is -2.33.